The summed E-state index contributed by atoms with van der Waals surface area (Å²) in [5.74, 6) is 2.52. The smallest absolute Gasteiger partial charge is 0.231 e. The number of aromatic amines is 1. The molecule has 2 heterocycles. The molecule has 0 saturated carbocycles. The van der Waals surface area contributed by atoms with Crippen molar-refractivity contribution in [2.24, 2.45) is 0 Å². The van der Waals surface area contributed by atoms with Crippen LogP contribution in [0.4, 0.5) is 0 Å². The predicted octanol–water partition coefficient (Wildman–Crippen LogP) is 1.91. The van der Waals surface area contributed by atoms with Gasteiger partial charge in [0.25, 0.3) is 0 Å². The van der Waals surface area contributed by atoms with Gasteiger partial charge in [-0.05, 0) is 24.7 Å². The lowest BCUT2D eigenvalue weighted by atomic mass is 10.1. The molecular weight excluding hydrogens is 230 g/mol. The molecule has 1 aromatic carbocycles. The topological polar surface area (TPSA) is 59.2 Å². The number of H-pyrrole nitrogens is 1. The van der Waals surface area contributed by atoms with Crippen molar-refractivity contribution >= 4 is 0 Å². The number of hydrogen-bond acceptors (Lipinski definition) is 4. The molecule has 0 atom stereocenters. The van der Waals surface area contributed by atoms with Gasteiger partial charge in [-0.25, -0.2) is 4.98 Å². The number of ether oxygens (including phenoxy) is 2. The fraction of sp³-hybridized carbons (Fsp3) is 0.308. The monoisotopic (exact) mass is 245 g/mol. The van der Waals surface area contributed by atoms with Gasteiger partial charge in [0, 0.05) is 5.56 Å². The number of hydrogen-bond donors (Lipinski definition) is 2. The molecule has 0 unspecified atom stereocenters. The molecular formula is C13H15N3O2. The van der Waals surface area contributed by atoms with Crippen LogP contribution in [0.25, 0.3) is 11.3 Å². The van der Waals surface area contributed by atoms with Crippen LogP contribution < -0.4 is 14.8 Å². The third-order valence-corrected chi connectivity index (χ3v) is 2.85. The Kier molecular flexibility index (Phi) is 2.90. The second kappa shape index (κ2) is 4.70. The molecule has 3 rings (SSSR count). The summed E-state index contributed by atoms with van der Waals surface area (Å²) < 4.78 is 10.7. The molecule has 0 bridgehead atoms. The minimum atomic E-state index is 0.299. The van der Waals surface area contributed by atoms with Gasteiger partial charge in [0.1, 0.15) is 5.82 Å². The maximum atomic E-state index is 5.36. The molecule has 0 fully saturated rings. The van der Waals surface area contributed by atoms with Crippen molar-refractivity contribution in [2.45, 2.75) is 13.5 Å². The summed E-state index contributed by atoms with van der Waals surface area (Å²) in [7, 11) is 0. The minimum absolute atomic E-state index is 0.299. The Bertz CT molecular complexity index is 551. The normalized spacial score (nSPS) is 12.9. The summed E-state index contributed by atoms with van der Waals surface area (Å²) >= 11 is 0. The molecule has 18 heavy (non-hydrogen) atoms. The molecule has 94 valence electrons. The third kappa shape index (κ3) is 2.04. The van der Waals surface area contributed by atoms with Gasteiger partial charge in [-0.3, -0.25) is 0 Å². The quantitative estimate of drug-likeness (QED) is 0.864. The van der Waals surface area contributed by atoms with Crippen LogP contribution in [0, 0.1) is 0 Å². The molecule has 2 aromatic rings. The van der Waals surface area contributed by atoms with E-state index in [1.165, 1.54) is 0 Å². The van der Waals surface area contributed by atoms with Crippen LogP contribution in [-0.2, 0) is 6.54 Å². The van der Waals surface area contributed by atoms with E-state index in [1.807, 2.05) is 24.4 Å². The zero-order valence-corrected chi connectivity index (χ0v) is 10.2. The number of imidazole rings is 1. The zero-order valence-electron chi connectivity index (χ0n) is 10.2. The van der Waals surface area contributed by atoms with Crippen molar-refractivity contribution < 1.29 is 9.47 Å². The lowest BCUT2D eigenvalue weighted by molar-refractivity contribution is 0.174. The Morgan fingerprint density at radius 2 is 2.22 bits per heavy atom. The first kappa shape index (κ1) is 11.1. The van der Waals surface area contributed by atoms with Crippen molar-refractivity contribution in [2.75, 3.05) is 13.3 Å². The Hall–Kier alpha value is -2.01. The number of fused-ring (bicyclic) bond motifs is 1. The Labute approximate surface area is 105 Å². The van der Waals surface area contributed by atoms with E-state index in [-0.39, 0.29) is 0 Å². The lowest BCUT2D eigenvalue weighted by Crippen LogP contribution is -2.12. The van der Waals surface area contributed by atoms with E-state index in [0.29, 0.717) is 6.79 Å². The van der Waals surface area contributed by atoms with E-state index < -0.39 is 0 Å². The maximum Gasteiger partial charge on any atom is 0.231 e. The maximum absolute atomic E-state index is 5.36. The number of nitrogens with one attached hydrogen (secondary N) is 2. The highest BCUT2D eigenvalue weighted by atomic mass is 16.7. The molecule has 0 saturated heterocycles. The molecule has 5 heteroatoms. The van der Waals surface area contributed by atoms with Crippen LogP contribution in [0.1, 0.15) is 12.7 Å². The Morgan fingerprint density at radius 3 is 3.11 bits per heavy atom. The molecule has 5 nitrogen and oxygen atoms in total. The van der Waals surface area contributed by atoms with Gasteiger partial charge >= 0.3 is 0 Å². The molecule has 2 N–H and O–H groups in total. The van der Waals surface area contributed by atoms with Crippen LogP contribution >= 0.6 is 0 Å². The minimum Gasteiger partial charge on any atom is -0.454 e. The fourth-order valence-corrected chi connectivity index (χ4v) is 1.91. The first-order valence-corrected chi connectivity index (χ1v) is 6.01. The van der Waals surface area contributed by atoms with E-state index in [4.69, 9.17) is 9.47 Å². The van der Waals surface area contributed by atoms with Gasteiger partial charge < -0.3 is 19.8 Å². The van der Waals surface area contributed by atoms with Gasteiger partial charge in [0.15, 0.2) is 11.5 Å². The zero-order chi connectivity index (χ0) is 12.4. The highest BCUT2D eigenvalue weighted by molar-refractivity contribution is 5.64. The van der Waals surface area contributed by atoms with E-state index in [0.717, 1.165) is 41.7 Å². The largest absolute Gasteiger partial charge is 0.454 e. The molecule has 1 aliphatic rings. The van der Waals surface area contributed by atoms with Crippen LogP contribution in [0.2, 0.25) is 0 Å². The average molecular weight is 245 g/mol. The summed E-state index contributed by atoms with van der Waals surface area (Å²) in [5.41, 5.74) is 2.04. The van der Waals surface area contributed by atoms with Gasteiger partial charge in [-0.15, -0.1) is 0 Å². The molecule has 0 radical (unpaired) electrons. The second-order valence-electron chi connectivity index (χ2n) is 4.09. The highest BCUT2D eigenvalue weighted by Crippen LogP contribution is 2.35. The predicted molar refractivity (Wildman–Crippen MR) is 67.5 cm³/mol. The first-order valence-electron chi connectivity index (χ1n) is 6.01. The van der Waals surface area contributed by atoms with E-state index in [1.54, 1.807) is 0 Å². The highest BCUT2D eigenvalue weighted by Gasteiger charge is 2.14. The second-order valence-corrected chi connectivity index (χ2v) is 4.09. The Balaban J connectivity index is 1.83. The summed E-state index contributed by atoms with van der Waals surface area (Å²) in [6, 6.07) is 5.88. The molecule has 0 aliphatic carbocycles. The number of rotatable bonds is 4. The van der Waals surface area contributed by atoms with Crippen LogP contribution in [0.5, 0.6) is 11.5 Å². The van der Waals surface area contributed by atoms with E-state index in [9.17, 15) is 0 Å². The van der Waals surface area contributed by atoms with Crippen molar-refractivity contribution in [1.29, 1.82) is 0 Å². The first-order chi connectivity index (χ1) is 8.86. The van der Waals surface area contributed by atoms with E-state index >= 15 is 0 Å². The van der Waals surface area contributed by atoms with Crippen LogP contribution in [0.3, 0.4) is 0 Å². The summed E-state index contributed by atoms with van der Waals surface area (Å²) in [6.45, 7) is 4.05. The Morgan fingerprint density at radius 1 is 1.33 bits per heavy atom. The SMILES string of the molecule is CCNCc1ncc(-c2ccc3c(c2)OCO3)[nH]1. The van der Waals surface area contributed by atoms with Gasteiger partial charge in [0.2, 0.25) is 6.79 Å². The van der Waals surface area contributed by atoms with Crippen molar-refractivity contribution in [1.82, 2.24) is 15.3 Å². The van der Waals surface area contributed by atoms with Crippen LogP contribution in [-0.4, -0.2) is 23.3 Å². The van der Waals surface area contributed by atoms with Gasteiger partial charge in [-0.1, -0.05) is 6.92 Å². The summed E-state index contributed by atoms with van der Waals surface area (Å²) in [4.78, 5) is 7.62. The number of benzene rings is 1. The van der Waals surface area contributed by atoms with Gasteiger partial charge in [-0.2, -0.15) is 0 Å². The van der Waals surface area contributed by atoms with E-state index in [2.05, 4.69) is 22.2 Å². The van der Waals surface area contributed by atoms with Crippen molar-refractivity contribution in [3.8, 4) is 22.8 Å². The van der Waals surface area contributed by atoms with Crippen molar-refractivity contribution in [3.63, 3.8) is 0 Å². The standard InChI is InChI=1S/C13H15N3O2/c1-2-14-7-13-15-6-10(16-13)9-3-4-11-12(5-9)18-8-17-11/h3-6,14H,2,7-8H2,1H3,(H,15,16). The van der Waals surface area contributed by atoms with Crippen molar-refractivity contribution in [3.05, 3.63) is 30.2 Å². The third-order valence-electron chi connectivity index (χ3n) is 2.85. The molecule has 1 aliphatic heterocycles. The average Bonchev–Trinajstić information content (AvgIpc) is 3.04. The molecule has 0 spiro atoms. The summed E-state index contributed by atoms with van der Waals surface area (Å²) in [5, 5.41) is 3.23. The molecule has 0 amide bonds. The number of nitrogens with zero attached hydrogens (tertiary/aromatic N) is 1. The summed E-state index contributed by atoms with van der Waals surface area (Å²) in [6.07, 6.45) is 1.84. The van der Waals surface area contributed by atoms with Crippen LogP contribution in [0.15, 0.2) is 24.4 Å². The lowest BCUT2D eigenvalue weighted by Gasteiger charge is -2.00. The molecule has 1 aromatic heterocycles. The number of aromatic nitrogens is 2. The van der Waals surface area contributed by atoms with Gasteiger partial charge in [0.05, 0.1) is 18.4 Å². The fourth-order valence-electron chi connectivity index (χ4n) is 1.91.